The van der Waals surface area contributed by atoms with Crippen LogP contribution in [0, 0.1) is 0 Å². The van der Waals surface area contributed by atoms with Crippen LogP contribution in [-0.2, 0) is 6.54 Å². The summed E-state index contributed by atoms with van der Waals surface area (Å²) in [6, 6.07) is 17.6. The van der Waals surface area contributed by atoms with Gasteiger partial charge in [0.05, 0.1) is 6.61 Å². The highest BCUT2D eigenvalue weighted by molar-refractivity contribution is 7.22. The summed E-state index contributed by atoms with van der Waals surface area (Å²) in [5, 5.41) is 8.39. The van der Waals surface area contributed by atoms with Crippen molar-refractivity contribution >= 4 is 21.4 Å². The largest absolute Gasteiger partial charge is 0.493 e. The Balaban J connectivity index is 1.43. The van der Waals surface area contributed by atoms with E-state index < -0.39 is 0 Å². The Hall–Kier alpha value is -1.96. The van der Waals surface area contributed by atoms with Crippen LogP contribution in [0.3, 0.4) is 0 Å². The molecule has 5 nitrogen and oxygen atoms in total. The van der Waals surface area contributed by atoms with E-state index in [9.17, 15) is 0 Å². The lowest BCUT2D eigenvalue weighted by molar-refractivity contribution is 0.240. The fourth-order valence-corrected chi connectivity index (χ4v) is 5.15. The van der Waals surface area contributed by atoms with Crippen LogP contribution in [0.2, 0.25) is 0 Å². The van der Waals surface area contributed by atoms with E-state index in [4.69, 9.17) is 4.74 Å². The number of fused-ring (bicyclic) bond motifs is 1. The third-order valence-corrected chi connectivity index (χ3v) is 7.07. The van der Waals surface area contributed by atoms with Crippen LogP contribution in [0.1, 0.15) is 12.0 Å². The molecule has 32 heavy (non-hydrogen) atoms. The summed E-state index contributed by atoms with van der Waals surface area (Å²) >= 11 is 1.86. The summed E-state index contributed by atoms with van der Waals surface area (Å²) in [5.74, 6) is 1.00. The van der Waals surface area contributed by atoms with Crippen molar-refractivity contribution in [3.63, 3.8) is 0 Å². The van der Waals surface area contributed by atoms with E-state index in [0.717, 1.165) is 71.1 Å². The van der Waals surface area contributed by atoms with Crippen LogP contribution in [0.5, 0.6) is 5.75 Å². The minimum atomic E-state index is 0.744. The lowest BCUT2D eigenvalue weighted by Crippen LogP contribution is -2.45. The highest BCUT2D eigenvalue weighted by Crippen LogP contribution is 2.35. The molecule has 0 spiro atoms. The minimum Gasteiger partial charge on any atom is -0.493 e. The molecule has 0 atom stereocenters. The Bertz CT molecular complexity index is 948. The fraction of sp³-hybridized carbons (Fsp3) is 0.462. The predicted octanol–water partition coefficient (Wildman–Crippen LogP) is 3.89. The molecule has 172 valence electrons. The van der Waals surface area contributed by atoms with Gasteiger partial charge in [-0.1, -0.05) is 18.2 Å². The molecule has 1 aromatic heterocycles. The number of nitrogens with one attached hydrogen (secondary N) is 2. The van der Waals surface area contributed by atoms with E-state index in [0.29, 0.717) is 0 Å². The fourth-order valence-electron chi connectivity index (χ4n) is 4.09. The van der Waals surface area contributed by atoms with Crippen LogP contribution in [0.15, 0.2) is 48.5 Å². The first kappa shape index (κ1) is 23.2. The highest BCUT2D eigenvalue weighted by atomic mass is 32.1. The van der Waals surface area contributed by atoms with E-state index in [2.05, 4.69) is 83.1 Å². The molecule has 0 bridgehead atoms. The third kappa shape index (κ3) is 6.53. The molecule has 1 fully saturated rings. The predicted molar refractivity (Wildman–Crippen MR) is 137 cm³/mol. The zero-order chi connectivity index (χ0) is 22.2. The highest BCUT2D eigenvalue weighted by Gasteiger charge is 2.11. The summed E-state index contributed by atoms with van der Waals surface area (Å²) in [7, 11) is 4.21. The molecule has 2 heterocycles. The maximum Gasteiger partial charge on any atom is 0.123 e. The van der Waals surface area contributed by atoms with Crippen LogP contribution in [-0.4, -0.2) is 76.3 Å². The topological polar surface area (TPSA) is 39.8 Å². The van der Waals surface area contributed by atoms with Crippen molar-refractivity contribution in [2.45, 2.75) is 13.0 Å². The number of ether oxygens (including phenoxy) is 1. The maximum absolute atomic E-state index is 6.20. The van der Waals surface area contributed by atoms with Crippen molar-refractivity contribution in [1.29, 1.82) is 0 Å². The first-order chi connectivity index (χ1) is 15.7. The zero-order valence-corrected chi connectivity index (χ0v) is 20.2. The molecular weight excluding hydrogens is 416 g/mol. The van der Waals surface area contributed by atoms with Crippen molar-refractivity contribution in [2.24, 2.45) is 0 Å². The second-order valence-corrected chi connectivity index (χ2v) is 9.83. The summed E-state index contributed by atoms with van der Waals surface area (Å²) in [6.07, 6.45) is 1.03. The van der Waals surface area contributed by atoms with Crippen LogP contribution >= 0.6 is 11.3 Å². The van der Waals surface area contributed by atoms with Crippen molar-refractivity contribution in [2.75, 3.05) is 66.5 Å². The summed E-state index contributed by atoms with van der Waals surface area (Å²) < 4.78 is 7.54. The Morgan fingerprint density at radius 2 is 1.94 bits per heavy atom. The molecule has 0 amide bonds. The Labute approximate surface area is 196 Å². The summed E-state index contributed by atoms with van der Waals surface area (Å²) in [6.45, 7) is 9.18. The van der Waals surface area contributed by atoms with Gasteiger partial charge in [-0.3, -0.25) is 4.90 Å². The molecule has 1 aliphatic heterocycles. The van der Waals surface area contributed by atoms with Gasteiger partial charge in [-0.2, -0.15) is 0 Å². The Kier molecular flexibility index (Phi) is 8.54. The number of thiophene rings is 1. The first-order valence-corrected chi connectivity index (χ1v) is 12.5. The van der Waals surface area contributed by atoms with E-state index in [1.807, 2.05) is 11.3 Å². The van der Waals surface area contributed by atoms with Gasteiger partial charge in [0.25, 0.3) is 0 Å². The molecule has 2 aromatic carbocycles. The van der Waals surface area contributed by atoms with Gasteiger partial charge in [-0.25, -0.2) is 0 Å². The lowest BCUT2D eigenvalue weighted by atomic mass is 10.1. The van der Waals surface area contributed by atoms with Gasteiger partial charge in [0.15, 0.2) is 0 Å². The molecule has 3 aromatic rings. The zero-order valence-electron chi connectivity index (χ0n) is 19.4. The average Bonchev–Trinajstić information content (AvgIpc) is 3.25. The normalized spacial score (nSPS) is 15.0. The molecule has 0 unspecified atom stereocenters. The average molecular weight is 453 g/mol. The van der Waals surface area contributed by atoms with Gasteiger partial charge in [0.1, 0.15) is 5.75 Å². The molecule has 0 radical (unpaired) electrons. The first-order valence-electron chi connectivity index (χ1n) is 11.7. The number of hydrogen-bond acceptors (Lipinski definition) is 6. The quantitative estimate of drug-likeness (QED) is 0.432. The van der Waals surface area contributed by atoms with Crippen molar-refractivity contribution in [3.05, 3.63) is 54.1 Å². The Morgan fingerprint density at radius 3 is 2.75 bits per heavy atom. The van der Waals surface area contributed by atoms with Gasteiger partial charge in [-0.05, 0) is 61.8 Å². The standard InChI is InChI=1S/C26H36N4OS/c1-29(2)13-5-17-31-24-9-8-22(26-19-21-6-3-4-7-25(21)32-26)18-23(24)20-28-12-16-30-14-10-27-11-15-30/h3-4,6-9,18-19,27-28H,5,10-17,20H2,1-2H3. The van der Waals surface area contributed by atoms with Crippen LogP contribution < -0.4 is 15.4 Å². The van der Waals surface area contributed by atoms with E-state index in [-0.39, 0.29) is 0 Å². The Morgan fingerprint density at radius 1 is 1.09 bits per heavy atom. The lowest BCUT2D eigenvalue weighted by Gasteiger charge is -2.27. The van der Waals surface area contributed by atoms with Gasteiger partial charge in [-0.15, -0.1) is 11.3 Å². The maximum atomic E-state index is 6.20. The number of rotatable bonds is 11. The van der Waals surface area contributed by atoms with E-state index in [1.165, 1.54) is 26.1 Å². The molecule has 2 N–H and O–H groups in total. The molecule has 6 heteroatoms. The van der Waals surface area contributed by atoms with E-state index in [1.54, 1.807) is 0 Å². The van der Waals surface area contributed by atoms with Gasteiger partial charge < -0.3 is 20.3 Å². The molecule has 0 saturated carbocycles. The molecule has 1 aliphatic rings. The monoisotopic (exact) mass is 452 g/mol. The van der Waals surface area contributed by atoms with Gasteiger partial charge in [0.2, 0.25) is 0 Å². The van der Waals surface area contributed by atoms with Crippen LogP contribution in [0.4, 0.5) is 0 Å². The molecule has 1 saturated heterocycles. The SMILES string of the molecule is CN(C)CCCOc1ccc(-c2cc3ccccc3s2)cc1CNCCN1CCNCC1. The smallest absolute Gasteiger partial charge is 0.123 e. The summed E-state index contributed by atoms with van der Waals surface area (Å²) in [4.78, 5) is 6.04. The molecule has 4 rings (SSSR count). The second kappa shape index (κ2) is 11.8. The second-order valence-electron chi connectivity index (χ2n) is 8.74. The third-order valence-electron chi connectivity index (χ3n) is 5.91. The van der Waals surface area contributed by atoms with Crippen LogP contribution in [0.25, 0.3) is 20.5 Å². The number of nitrogens with zero attached hydrogens (tertiary/aromatic N) is 2. The van der Waals surface area contributed by atoms with Crippen molar-refractivity contribution in [3.8, 4) is 16.2 Å². The number of benzene rings is 2. The minimum absolute atomic E-state index is 0.744. The van der Waals surface area contributed by atoms with Gasteiger partial charge in [0, 0.05) is 67.5 Å². The number of hydrogen-bond donors (Lipinski definition) is 2. The molecule has 0 aliphatic carbocycles. The van der Waals surface area contributed by atoms with E-state index >= 15 is 0 Å². The summed E-state index contributed by atoms with van der Waals surface area (Å²) in [5.41, 5.74) is 2.51. The van der Waals surface area contributed by atoms with Crippen molar-refractivity contribution in [1.82, 2.24) is 20.4 Å². The van der Waals surface area contributed by atoms with Gasteiger partial charge >= 0.3 is 0 Å². The number of piperazine rings is 1. The van der Waals surface area contributed by atoms with Crippen molar-refractivity contribution < 1.29 is 4.74 Å². The molecular formula is C26H36N4OS.